The van der Waals surface area contributed by atoms with Crippen LogP contribution in [-0.2, 0) is 14.6 Å². The van der Waals surface area contributed by atoms with Crippen molar-refractivity contribution >= 4 is 15.7 Å². The molecule has 1 amide bonds. The summed E-state index contributed by atoms with van der Waals surface area (Å²) in [6, 6.07) is 11.7. The van der Waals surface area contributed by atoms with Gasteiger partial charge in [0.05, 0.1) is 23.3 Å². The van der Waals surface area contributed by atoms with Gasteiger partial charge in [0.15, 0.2) is 21.3 Å². The van der Waals surface area contributed by atoms with E-state index in [1.165, 1.54) is 19.2 Å². The normalized spacial score (nSPS) is 16.7. The second-order valence-electron chi connectivity index (χ2n) is 7.53. The average Bonchev–Trinajstić information content (AvgIpc) is 3.61. The van der Waals surface area contributed by atoms with Crippen molar-refractivity contribution < 1.29 is 27.4 Å². The minimum atomic E-state index is -3.43. The molecular formula is C22H25NO6S. The molecule has 1 heterocycles. The van der Waals surface area contributed by atoms with Crippen molar-refractivity contribution in [2.45, 2.75) is 23.8 Å². The molecule has 1 atom stereocenters. The van der Waals surface area contributed by atoms with Crippen LogP contribution in [-0.4, -0.2) is 47.0 Å². The number of ether oxygens (including phenoxy) is 3. The molecule has 1 N–H and O–H groups in total. The number of methoxy groups -OCH3 is 1. The van der Waals surface area contributed by atoms with Gasteiger partial charge in [-0.3, -0.25) is 4.79 Å². The van der Waals surface area contributed by atoms with Crippen LogP contribution in [0.3, 0.4) is 0 Å². The molecule has 2 aromatic carbocycles. The molecule has 2 aromatic rings. The Labute approximate surface area is 176 Å². The van der Waals surface area contributed by atoms with Crippen LogP contribution in [0.4, 0.5) is 0 Å². The number of carbonyl (C=O) groups is 1. The van der Waals surface area contributed by atoms with Crippen LogP contribution < -0.4 is 14.8 Å². The number of sulfone groups is 1. The van der Waals surface area contributed by atoms with Gasteiger partial charge >= 0.3 is 0 Å². The molecule has 0 saturated heterocycles. The van der Waals surface area contributed by atoms with Crippen molar-refractivity contribution in [2.75, 3.05) is 32.7 Å². The number of amides is 1. The maximum atomic E-state index is 12.8. The molecule has 1 aliphatic heterocycles. The second kappa shape index (κ2) is 8.65. The summed E-state index contributed by atoms with van der Waals surface area (Å²) >= 11 is 0. The number of nitrogens with one attached hydrogen (secondary N) is 1. The van der Waals surface area contributed by atoms with Crippen LogP contribution in [0.15, 0.2) is 47.4 Å². The lowest BCUT2D eigenvalue weighted by Crippen LogP contribution is -2.30. The molecule has 1 aliphatic carbocycles. The Bertz CT molecular complexity index is 1010. The molecule has 160 valence electrons. The lowest BCUT2D eigenvalue weighted by Gasteiger charge is -2.23. The van der Waals surface area contributed by atoms with Crippen molar-refractivity contribution in [3.8, 4) is 11.5 Å². The van der Waals surface area contributed by atoms with Gasteiger partial charge in [0.1, 0.15) is 13.2 Å². The third kappa shape index (κ3) is 4.60. The van der Waals surface area contributed by atoms with Crippen molar-refractivity contribution in [1.29, 1.82) is 0 Å². The first kappa shape index (κ1) is 20.7. The third-order valence-corrected chi connectivity index (χ3v) is 7.03. The van der Waals surface area contributed by atoms with Gasteiger partial charge in [0, 0.05) is 12.7 Å². The molecule has 0 bridgehead atoms. The topological polar surface area (TPSA) is 90.9 Å². The van der Waals surface area contributed by atoms with Gasteiger partial charge in [-0.05, 0) is 60.7 Å². The first-order valence-corrected chi connectivity index (χ1v) is 11.7. The number of fused-ring (bicyclic) bond motifs is 1. The Balaban J connectivity index is 1.49. The maximum Gasteiger partial charge on any atom is 0.251 e. The molecule has 1 fully saturated rings. The molecule has 1 saturated carbocycles. The van der Waals surface area contributed by atoms with E-state index in [4.69, 9.17) is 14.2 Å². The van der Waals surface area contributed by atoms with Gasteiger partial charge in [-0.15, -0.1) is 0 Å². The SMILES string of the molecule is COCCS(=O)(=O)c1ccc(C(=O)NC(c2ccc3c(c2)OCCO3)C2CC2)cc1. The highest BCUT2D eigenvalue weighted by Gasteiger charge is 2.34. The van der Waals surface area contributed by atoms with E-state index in [0.29, 0.717) is 30.4 Å². The minimum Gasteiger partial charge on any atom is -0.486 e. The monoisotopic (exact) mass is 431 g/mol. The van der Waals surface area contributed by atoms with E-state index in [9.17, 15) is 13.2 Å². The number of rotatable bonds is 8. The van der Waals surface area contributed by atoms with Gasteiger partial charge in [-0.1, -0.05) is 6.07 Å². The molecule has 7 nitrogen and oxygen atoms in total. The van der Waals surface area contributed by atoms with Crippen LogP contribution in [0, 0.1) is 5.92 Å². The fraction of sp³-hybridized carbons (Fsp3) is 0.409. The fourth-order valence-corrected chi connectivity index (χ4v) is 4.68. The number of hydrogen-bond acceptors (Lipinski definition) is 6. The molecule has 0 aromatic heterocycles. The molecule has 0 spiro atoms. The number of benzene rings is 2. The van der Waals surface area contributed by atoms with Gasteiger partial charge in [0.25, 0.3) is 5.91 Å². The van der Waals surface area contributed by atoms with Gasteiger partial charge in [-0.25, -0.2) is 8.42 Å². The summed E-state index contributed by atoms with van der Waals surface area (Å²) < 4.78 is 40.6. The smallest absolute Gasteiger partial charge is 0.251 e. The summed E-state index contributed by atoms with van der Waals surface area (Å²) in [5.74, 6) is 1.47. The molecule has 4 rings (SSSR count). The summed E-state index contributed by atoms with van der Waals surface area (Å²) in [4.78, 5) is 13.0. The van der Waals surface area contributed by atoms with Crippen LogP contribution in [0.5, 0.6) is 11.5 Å². The molecule has 0 radical (unpaired) electrons. The predicted octanol–water partition coefficient (Wildman–Crippen LogP) is 2.76. The number of carbonyl (C=O) groups excluding carboxylic acids is 1. The summed E-state index contributed by atoms with van der Waals surface area (Å²) in [5.41, 5.74) is 1.40. The van der Waals surface area contributed by atoms with Gasteiger partial charge in [-0.2, -0.15) is 0 Å². The largest absolute Gasteiger partial charge is 0.486 e. The van der Waals surface area contributed by atoms with Gasteiger partial charge in [0.2, 0.25) is 0 Å². The first-order chi connectivity index (χ1) is 14.5. The highest BCUT2D eigenvalue weighted by atomic mass is 32.2. The summed E-state index contributed by atoms with van der Waals surface area (Å²) in [7, 11) is -1.97. The summed E-state index contributed by atoms with van der Waals surface area (Å²) in [5, 5.41) is 3.11. The highest BCUT2D eigenvalue weighted by molar-refractivity contribution is 7.91. The second-order valence-corrected chi connectivity index (χ2v) is 9.64. The van der Waals surface area contributed by atoms with E-state index in [1.807, 2.05) is 18.2 Å². The van der Waals surface area contributed by atoms with Crippen LogP contribution >= 0.6 is 0 Å². The zero-order valence-electron chi connectivity index (χ0n) is 16.8. The Morgan fingerprint density at radius 2 is 1.80 bits per heavy atom. The van der Waals surface area contributed by atoms with E-state index in [2.05, 4.69) is 5.32 Å². The molecule has 8 heteroatoms. The minimum absolute atomic E-state index is 0.0943. The van der Waals surface area contributed by atoms with Gasteiger partial charge < -0.3 is 19.5 Å². The fourth-order valence-electron chi connectivity index (χ4n) is 3.51. The molecular weight excluding hydrogens is 406 g/mol. The van der Waals surface area contributed by atoms with Crippen molar-refractivity contribution in [1.82, 2.24) is 5.32 Å². The Kier molecular flexibility index (Phi) is 5.97. The van der Waals surface area contributed by atoms with Crippen molar-refractivity contribution in [3.63, 3.8) is 0 Å². The van der Waals surface area contributed by atoms with E-state index < -0.39 is 9.84 Å². The lowest BCUT2D eigenvalue weighted by molar-refractivity contribution is 0.0931. The maximum absolute atomic E-state index is 12.8. The lowest BCUT2D eigenvalue weighted by atomic mass is 10.0. The van der Waals surface area contributed by atoms with E-state index in [-0.39, 0.29) is 29.2 Å². The number of hydrogen-bond donors (Lipinski definition) is 1. The Morgan fingerprint density at radius 3 is 2.47 bits per heavy atom. The first-order valence-electron chi connectivity index (χ1n) is 10.00. The third-order valence-electron chi connectivity index (χ3n) is 5.34. The van der Waals surface area contributed by atoms with Crippen LogP contribution in [0.25, 0.3) is 0 Å². The molecule has 30 heavy (non-hydrogen) atoms. The van der Waals surface area contributed by atoms with E-state index >= 15 is 0 Å². The highest BCUT2D eigenvalue weighted by Crippen LogP contribution is 2.43. The Hall–Kier alpha value is -2.58. The zero-order chi connectivity index (χ0) is 21.1. The molecule has 2 aliphatic rings. The summed E-state index contributed by atoms with van der Waals surface area (Å²) in [6.07, 6.45) is 2.10. The molecule has 1 unspecified atom stereocenters. The van der Waals surface area contributed by atoms with Crippen molar-refractivity contribution in [2.24, 2.45) is 5.92 Å². The van der Waals surface area contributed by atoms with E-state index in [1.54, 1.807) is 12.1 Å². The average molecular weight is 432 g/mol. The van der Waals surface area contributed by atoms with E-state index in [0.717, 1.165) is 24.2 Å². The van der Waals surface area contributed by atoms with Crippen molar-refractivity contribution in [3.05, 3.63) is 53.6 Å². The quantitative estimate of drug-likeness (QED) is 0.691. The standard InChI is InChI=1S/C22H25NO6S/c1-27-12-13-30(25,26)18-7-4-16(5-8-18)22(24)23-21(15-2-3-15)17-6-9-19-20(14-17)29-11-10-28-19/h4-9,14-15,21H,2-3,10-13H2,1H3,(H,23,24). The Morgan fingerprint density at radius 1 is 1.10 bits per heavy atom. The van der Waals surface area contributed by atoms with Crippen LogP contribution in [0.2, 0.25) is 0 Å². The van der Waals surface area contributed by atoms with Crippen LogP contribution in [0.1, 0.15) is 34.8 Å². The summed E-state index contributed by atoms with van der Waals surface area (Å²) in [6.45, 7) is 1.17. The predicted molar refractivity (Wildman–Crippen MR) is 111 cm³/mol. The zero-order valence-corrected chi connectivity index (χ0v) is 17.6.